The molecule has 0 bridgehead atoms. The number of nitrogens with zero attached hydrogens (tertiary/aromatic N) is 2. The predicted octanol–water partition coefficient (Wildman–Crippen LogP) is 3.86. The maximum atomic E-state index is 13.6. The molecule has 2 unspecified atom stereocenters. The van der Waals surface area contributed by atoms with Gasteiger partial charge in [-0.2, -0.15) is 0 Å². The molecule has 0 radical (unpaired) electrons. The van der Waals surface area contributed by atoms with Crippen LogP contribution in [-0.4, -0.2) is 50.2 Å². The lowest BCUT2D eigenvalue weighted by Crippen LogP contribution is -2.33. The maximum Gasteiger partial charge on any atom is 0.275 e. The van der Waals surface area contributed by atoms with Crippen LogP contribution in [0.1, 0.15) is 58.7 Å². The Hall–Kier alpha value is -4.61. The molecule has 11 nitrogen and oxygen atoms in total. The number of aromatic nitrogens is 4. The number of fused-ring (bicyclic) bond motifs is 2. The molecule has 5 aromatic rings. The van der Waals surface area contributed by atoms with Crippen LogP contribution in [0.25, 0.3) is 21.8 Å². The minimum atomic E-state index is -0.416. The number of aryl methyl sites for hydroxylation is 1. The molecule has 1 aromatic carbocycles. The third-order valence-corrected chi connectivity index (χ3v) is 7.78. The highest BCUT2D eigenvalue weighted by molar-refractivity contribution is 6.31. The number of hydrogen-bond acceptors (Lipinski definition) is 5. The Morgan fingerprint density at radius 2 is 1.77 bits per heavy atom. The van der Waals surface area contributed by atoms with Crippen LogP contribution in [0.5, 0.6) is 0 Å². The summed E-state index contributed by atoms with van der Waals surface area (Å²) < 4.78 is 8.24. The summed E-state index contributed by atoms with van der Waals surface area (Å²) >= 11 is 6.35. The van der Waals surface area contributed by atoms with E-state index in [4.69, 9.17) is 16.3 Å². The average Bonchev–Trinajstić information content (AvgIpc) is 3.64. The molecule has 5 rings (SSSR count). The fraction of sp³-hybridized carbons (Fsp3) is 0.290. The summed E-state index contributed by atoms with van der Waals surface area (Å²) in [6.45, 7) is 6.39. The van der Waals surface area contributed by atoms with Crippen molar-refractivity contribution in [3.8, 4) is 0 Å². The first-order valence-electron chi connectivity index (χ1n) is 14.0. The molecule has 0 fully saturated rings. The van der Waals surface area contributed by atoms with Crippen molar-refractivity contribution in [1.82, 2.24) is 29.7 Å². The number of carbonyl (C=O) groups is 2. The highest BCUT2D eigenvalue weighted by Gasteiger charge is 2.23. The molecule has 12 heteroatoms. The number of rotatable bonds is 10. The second kappa shape index (κ2) is 12.3. The van der Waals surface area contributed by atoms with Gasteiger partial charge in [-0.15, -0.1) is 0 Å². The number of benzene rings is 1. The Bertz CT molecular complexity index is 1950. The normalized spacial score (nSPS) is 12.9. The van der Waals surface area contributed by atoms with E-state index in [1.165, 1.54) is 21.5 Å². The Kier molecular flexibility index (Phi) is 8.56. The van der Waals surface area contributed by atoms with Crippen molar-refractivity contribution in [3.63, 3.8) is 0 Å². The fourth-order valence-electron chi connectivity index (χ4n) is 5.26. The molecule has 0 saturated heterocycles. The second-order valence-electron chi connectivity index (χ2n) is 10.5. The van der Waals surface area contributed by atoms with E-state index in [0.717, 1.165) is 5.56 Å². The highest BCUT2D eigenvalue weighted by Crippen LogP contribution is 2.25. The van der Waals surface area contributed by atoms with E-state index in [2.05, 4.69) is 20.6 Å². The van der Waals surface area contributed by atoms with Crippen LogP contribution in [-0.2, 0) is 18.3 Å². The molecule has 4 heterocycles. The highest BCUT2D eigenvalue weighted by atomic mass is 35.5. The zero-order valence-corrected chi connectivity index (χ0v) is 25.0. The summed E-state index contributed by atoms with van der Waals surface area (Å²) in [5.74, 6) is -0.768. The van der Waals surface area contributed by atoms with Crippen molar-refractivity contribution in [3.05, 3.63) is 103 Å². The number of halogens is 1. The number of hydrogen-bond donors (Lipinski definition) is 4. The van der Waals surface area contributed by atoms with Crippen molar-refractivity contribution in [2.45, 2.75) is 39.5 Å². The first-order chi connectivity index (χ1) is 20.6. The number of aromatic amines is 2. The smallest absolute Gasteiger partial charge is 0.275 e. The third-order valence-electron chi connectivity index (χ3n) is 7.44. The topological polar surface area (TPSA) is 143 Å². The van der Waals surface area contributed by atoms with Crippen molar-refractivity contribution < 1.29 is 14.3 Å². The average molecular weight is 605 g/mol. The Morgan fingerprint density at radius 1 is 1.00 bits per heavy atom. The summed E-state index contributed by atoms with van der Waals surface area (Å²) in [7, 11) is 1.57. The molecule has 2 amide bonds. The SMILES string of the molecule is CCOC(C)CNC(=O)c1cn(Cc2c[nH]c3c(=O)n(C)cc(C(=O)NC(C)c4ccccc4Cl)c23)c(=O)c2[nH]ccc12. The number of amides is 2. The van der Waals surface area contributed by atoms with Gasteiger partial charge < -0.3 is 34.5 Å². The maximum absolute atomic E-state index is 13.6. The van der Waals surface area contributed by atoms with Gasteiger partial charge in [-0.1, -0.05) is 29.8 Å². The third kappa shape index (κ3) is 5.86. The molecular formula is C31H33ClN6O5. The number of ether oxygens (including phenoxy) is 1. The van der Waals surface area contributed by atoms with Gasteiger partial charge >= 0.3 is 0 Å². The molecule has 4 N–H and O–H groups in total. The van der Waals surface area contributed by atoms with Crippen molar-refractivity contribution in [2.75, 3.05) is 13.2 Å². The van der Waals surface area contributed by atoms with Gasteiger partial charge in [0.15, 0.2) is 0 Å². The molecule has 0 aliphatic rings. The lowest BCUT2D eigenvalue weighted by atomic mass is 10.1. The van der Waals surface area contributed by atoms with Crippen LogP contribution in [0.2, 0.25) is 5.02 Å². The van der Waals surface area contributed by atoms with Crippen LogP contribution in [0.4, 0.5) is 0 Å². The predicted molar refractivity (Wildman–Crippen MR) is 166 cm³/mol. The van der Waals surface area contributed by atoms with E-state index < -0.39 is 11.9 Å². The summed E-state index contributed by atoms with van der Waals surface area (Å²) in [6, 6.07) is 8.50. The van der Waals surface area contributed by atoms with E-state index in [1.54, 1.807) is 31.6 Å². The zero-order chi connectivity index (χ0) is 30.8. The largest absolute Gasteiger partial charge is 0.377 e. The van der Waals surface area contributed by atoms with Crippen LogP contribution in [0, 0.1) is 0 Å². The van der Waals surface area contributed by atoms with E-state index in [-0.39, 0.29) is 46.3 Å². The van der Waals surface area contributed by atoms with Gasteiger partial charge in [-0.25, -0.2) is 0 Å². The van der Waals surface area contributed by atoms with E-state index in [9.17, 15) is 19.2 Å². The van der Waals surface area contributed by atoms with Gasteiger partial charge in [0.25, 0.3) is 22.9 Å². The van der Waals surface area contributed by atoms with Crippen LogP contribution < -0.4 is 21.8 Å². The zero-order valence-electron chi connectivity index (χ0n) is 24.3. The molecule has 0 aliphatic carbocycles. The van der Waals surface area contributed by atoms with Crippen molar-refractivity contribution in [1.29, 1.82) is 0 Å². The standard InChI is InChI=1S/C31H33ClN6O5/c1-5-43-17(2)12-35-28(39)22-16-38(31(42)26-21(22)10-11-33-26)14-19-13-34-27-25(19)23(15-37(4)30(27)41)29(40)36-18(3)20-8-6-7-9-24(20)32/h6-11,13,15-18,33-34H,5,12,14H2,1-4H3,(H,35,39)(H,36,40). The van der Waals surface area contributed by atoms with E-state index >= 15 is 0 Å². The molecule has 0 saturated carbocycles. The number of carbonyl (C=O) groups excluding carboxylic acids is 2. The van der Waals surface area contributed by atoms with E-state index in [1.807, 2.05) is 39.0 Å². The molecule has 0 aliphatic heterocycles. The van der Waals surface area contributed by atoms with Gasteiger partial charge in [0.05, 0.1) is 29.8 Å². The first kappa shape index (κ1) is 29.9. The molecular weight excluding hydrogens is 572 g/mol. The summed E-state index contributed by atoms with van der Waals surface area (Å²) in [4.78, 5) is 59.2. The van der Waals surface area contributed by atoms with Crippen molar-refractivity contribution in [2.24, 2.45) is 7.05 Å². The minimum Gasteiger partial charge on any atom is -0.377 e. The molecule has 224 valence electrons. The van der Waals surface area contributed by atoms with Gasteiger partial charge in [0.2, 0.25) is 0 Å². The Balaban J connectivity index is 1.53. The number of H-pyrrole nitrogens is 2. The lowest BCUT2D eigenvalue weighted by molar-refractivity contribution is 0.0695. The van der Waals surface area contributed by atoms with Gasteiger partial charge in [0.1, 0.15) is 11.0 Å². The summed E-state index contributed by atoms with van der Waals surface area (Å²) in [5.41, 5.74) is 1.67. The molecule has 2 atom stereocenters. The van der Waals surface area contributed by atoms with Gasteiger partial charge in [-0.05, 0) is 44.0 Å². The molecule has 4 aromatic heterocycles. The minimum absolute atomic E-state index is 0.00304. The fourth-order valence-corrected chi connectivity index (χ4v) is 5.56. The number of pyridine rings is 2. The van der Waals surface area contributed by atoms with Crippen LogP contribution >= 0.6 is 11.6 Å². The lowest BCUT2D eigenvalue weighted by Gasteiger charge is -2.17. The summed E-state index contributed by atoms with van der Waals surface area (Å²) in [6.07, 6.45) is 6.01. The second-order valence-corrected chi connectivity index (χ2v) is 10.9. The monoisotopic (exact) mass is 604 g/mol. The summed E-state index contributed by atoms with van der Waals surface area (Å²) in [5, 5.41) is 7.24. The van der Waals surface area contributed by atoms with E-state index in [0.29, 0.717) is 40.1 Å². The van der Waals surface area contributed by atoms with Crippen molar-refractivity contribution >= 4 is 45.2 Å². The first-order valence-corrected chi connectivity index (χ1v) is 14.3. The quantitative estimate of drug-likeness (QED) is 0.191. The van der Waals surface area contributed by atoms with Gasteiger partial charge in [-0.3, -0.25) is 19.2 Å². The van der Waals surface area contributed by atoms with Crippen LogP contribution in [0.15, 0.2) is 64.7 Å². The Labute approximate surface area is 251 Å². The number of nitrogens with one attached hydrogen (secondary N) is 4. The van der Waals surface area contributed by atoms with Crippen LogP contribution in [0.3, 0.4) is 0 Å². The Morgan fingerprint density at radius 3 is 2.51 bits per heavy atom. The molecule has 0 spiro atoms. The molecule has 43 heavy (non-hydrogen) atoms. The van der Waals surface area contributed by atoms with Gasteiger partial charge in [0, 0.05) is 60.8 Å².